The molecule has 0 amide bonds. The molecule has 0 spiro atoms. The molecule has 0 aliphatic heterocycles. The Morgan fingerprint density at radius 3 is 2.62 bits per heavy atom. The minimum Gasteiger partial charge on any atom is -0.465 e. The van der Waals surface area contributed by atoms with E-state index in [4.69, 9.17) is 9.47 Å². The highest BCUT2D eigenvalue weighted by Crippen LogP contribution is 2.01. The van der Waals surface area contributed by atoms with Gasteiger partial charge in [-0.05, 0) is 13.8 Å². The second-order valence-electron chi connectivity index (χ2n) is 2.90. The molecule has 88 valence electrons. The van der Waals surface area contributed by atoms with Crippen molar-refractivity contribution in [2.24, 2.45) is 0 Å². The third-order valence-corrected chi connectivity index (χ3v) is 1.78. The smallest absolute Gasteiger partial charge is 0.374 e. The largest absolute Gasteiger partial charge is 0.465 e. The summed E-state index contributed by atoms with van der Waals surface area (Å²) >= 11 is 0. The average molecular weight is 226 g/mol. The third-order valence-electron chi connectivity index (χ3n) is 1.78. The first-order valence-electron chi connectivity index (χ1n) is 5.02. The summed E-state index contributed by atoms with van der Waals surface area (Å²) < 4.78 is 11.0. The van der Waals surface area contributed by atoms with Crippen LogP contribution in [0.15, 0.2) is 12.4 Å². The lowest BCUT2D eigenvalue weighted by molar-refractivity contribution is -0.143. The molecule has 1 aromatic rings. The van der Waals surface area contributed by atoms with E-state index in [9.17, 15) is 9.59 Å². The Morgan fingerprint density at radius 1 is 1.31 bits per heavy atom. The predicted octanol–water partition coefficient (Wildman–Crippen LogP) is 0.623. The molecule has 6 nitrogen and oxygen atoms in total. The van der Waals surface area contributed by atoms with E-state index in [-0.39, 0.29) is 19.0 Å². The Morgan fingerprint density at radius 2 is 2.00 bits per heavy atom. The van der Waals surface area contributed by atoms with Crippen LogP contribution in [0.1, 0.15) is 24.5 Å². The van der Waals surface area contributed by atoms with E-state index in [1.807, 2.05) is 0 Å². The number of hydrogen-bond acceptors (Lipinski definition) is 5. The fourth-order valence-electron chi connectivity index (χ4n) is 1.17. The van der Waals surface area contributed by atoms with E-state index >= 15 is 0 Å². The molecule has 0 saturated heterocycles. The van der Waals surface area contributed by atoms with Gasteiger partial charge < -0.3 is 14.0 Å². The summed E-state index contributed by atoms with van der Waals surface area (Å²) in [6.45, 7) is 3.96. The van der Waals surface area contributed by atoms with Gasteiger partial charge in [-0.25, -0.2) is 9.78 Å². The molecular weight excluding hydrogens is 212 g/mol. The van der Waals surface area contributed by atoms with Gasteiger partial charge in [0.1, 0.15) is 6.54 Å². The Kier molecular flexibility index (Phi) is 4.50. The third kappa shape index (κ3) is 3.08. The maximum Gasteiger partial charge on any atom is 0.374 e. The Hall–Kier alpha value is -1.85. The summed E-state index contributed by atoms with van der Waals surface area (Å²) in [5.41, 5.74) is 0. The van der Waals surface area contributed by atoms with E-state index in [1.165, 1.54) is 17.0 Å². The lowest BCUT2D eigenvalue weighted by atomic mass is 10.5. The van der Waals surface area contributed by atoms with Crippen LogP contribution in [-0.4, -0.2) is 34.7 Å². The van der Waals surface area contributed by atoms with Crippen molar-refractivity contribution >= 4 is 11.9 Å². The molecule has 0 saturated carbocycles. The first-order chi connectivity index (χ1) is 7.69. The van der Waals surface area contributed by atoms with Crippen LogP contribution >= 0.6 is 0 Å². The van der Waals surface area contributed by atoms with E-state index in [2.05, 4.69) is 4.98 Å². The van der Waals surface area contributed by atoms with Crippen molar-refractivity contribution in [1.82, 2.24) is 9.55 Å². The summed E-state index contributed by atoms with van der Waals surface area (Å²) in [6.07, 6.45) is 2.97. The van der Waals surface area contributed by atoms with Gasteiger partial charge in [-0.1, -0.05) is 0 Å². The molecule has 0 aliphatic rings. The number of carbonyl (C=O) groups is 2. The van der Waals surface area contributed by atoms with Crippen LogP contribution in [0, 0.1) is 0 Å². The predicted molar refractivity (Wildman–Crippen MR) is 54.8 cm³/mol. The van der Waals surface area contributed by atoms with E-state index in [1.54, 1.807) is 13.8 Å². The van der Waals surface area contributed by atoms with Gasteiger partial charge in [0.15, 0.2) is 0 Å². The minimum atomic E-state index is -0.545. The van der Waals surface area contributed by atoms with Crippen molar-refractivity contribution in [2.45, 2.75) is 20.4 Å². The molecule has 1 heterocycles. The quantitative estimate of drug-likeness (QED) is 0.688. The monoisotopic (exact) mass is 226 g/mol. The van der Waals surface area contributed by atoms with Crippen molar-refractivity contribution in [1.29, 1.82) is 0 Å². The second kappa shape index (κ2) is 5.89. The van der Waals surface area contributed by atoms with Crippen LogP contribution in [0.5, 0.6) is 0 Å². The van der Waals surface area contributed by atoms with Crippen LogP contribution in [0.4, 0.5) is 0 Å². The molecule has 16 heavy (non-hydrogen) atoms. The minimum absolute atomic E-state index is 0.0397. The van der Waals surface area contributed by atoms with Crippen LogP contribution in [0.3, 0.4) is 0 Å². The molecule has 6 heteroatoms. The number of carbonyl (C=O) groups excluding carboxylic acids is 2. The molecule has 1 rings (SSSR count). The standard InChI is InChI=1S/C10H14N2O4/c1-3-15-8(13)7-12-6-5-11-9(12)10(14)16-4-2/h5-6H,3-4,7H2,1-2H3. The molecule has 0 fully saturated rings. The summed E-state index contributed by atoms with van der Waals surface area (Å²) in [5.74, 6) is -0.849. The lowest BCUT2D eigenvalue weighted by Gasteiger charge is -2.06. The van der Waals surface area contributed by atoms with Gasteiger partial charge in [0, 0.05) is 12.4 Å². The number of hydrogen-bond donors (Lipinski definition) is 0. The Bertz CT molecular complexity index is 373. The zero-order valence-corrected chi connectivity index (χ0v) is 9.30. The van der Waals surface area contributed by atoms with Gasteiger partial charge in [0.2, 0.25) is 5.82 Å². The maximum absolute atomic E-state index is 11.4. The van der Waals surface area contributed by atoms with Gasteiger partial charge in [0.05, 0.1) is 13.2 Å². The number of esters is 2. The second-order valence-corrected chi connectivity index (χ2v) is 2.90. The molecule has 0 unspecified atom stereocenters. The van der Waals surface area contributed by atoms with Gasteiger partial charge in [-0.15, -0.1) is 0 Å². The molecule has 0 aromatic carbocycles. The van der Waals surface area contributed by atoms with E-state index < -0.39 is 11.9 Å². The summed E-state index contributed by atoms with van der Waals surface area (Å²) in [6, 6.07) is 0. The highest BCUT2D eigenvalue weighted by molar-refractivity contribution is 5.86. The van der Waals surface area contributed by atoms with Crippen molar-refractivity contribution in [3.8, 4) is 0 Å². The Balaban J connectivity index is 2.70. The first kappa shape index (κ1) is 12.2. The summed E-state index contributed by atoms with van der Waals surface area (Å²) in [4.78, 5) is 26.5. The molecule has 0 radical (unpaired) electrons. The number of nitrogens with zero attached hydrogens (tertiary/aromatic N) is 2. The number of aromatic nitrogens is 2. The summed E-state index contributed by atoms with van der Waals surface area (Å²) in [5, 5.41) is 0. The highest BCUT2D eigenvalue weighted by atomic mass is 16.5. The molecule has 0 bridgehead atoms. The molecular formula is C10H14N2O4. The van der Waals surface area contributed by atoms with Gasteiger partial charge in [0.25, 0.3) is 0 Å². The number of imidazole rings is 1. The topological polar surface area (TPSA) is 70.4 Å². The Labute approximate surface area is 93.2 Å². The fourth-order valence-corrected chi connectivity index (χ4v) is 1.17. The van der Waals surface area contributed by atoms with Crippen LogP contribution in [0.25, 0.3) is 0 Å². The number of ether oxygens (including phenoxy) is 2. The normalized spacial score (nSPS) is 9.88. The molecule has 0 atom stereocenters. The maximum atomic E-state index is 11.4. The van der Waals surface area contributed by atoms with Gasteiger partial charge >= 0.3 is 11.9 Å². The first-order valence-corrected chi connectivity index (χ1v) is 5.02. The number of rotatable bonds is 5. The highest BCUT2D eigenvalue weighted by Gasteiger charge is 2.15. The molecule has 1 aromatic heterocycles. The zero-order valence-electron chi connectivity index (χ0n) is 9.30. The van der Waals surface area contributed by atoms with Crippen LogP contribution < -0.4 is 0 Å². The van der Waals surface area contributed by atoms with Crippen molar-refractivity contribution < 1.29 is 19.1 Å². The van der Waals surface area contributed by atoms with Crippen molar-refractivity contribution in [2.75, 3.05) is 13.2 Å². The fraction of sp³-hybridized carbons (Fsp3) is 0.500. The van der Waals surface area contributed by atoms with E-state index in [0.29, 0.717) is 6.61 Å². The summed E-state index contributed by atoms with van der Waals surface area (Å²) in [7, 11) is 0. The molecule has 0 N–H and O–H groups in total. The van der Waals surface area contributed by atoms with Crippen molar-refractivity contribution in [3.05, 3.63) is 18.2 Å². The van der Waals surface area contributed by atoms with Crippen LogP contribution in [0.2, 0.25) is 0 Å². The van der Waals surface area contributed by atoms with Crippen molar-refractivity contribution in [3.63, 3.8) is 0 Å². The van der Waals surface area contributed by atoms with E-state index in [0.717, 1.165) is 0 Å². The van der Waals surface area contributed by atoms with Gasteiger partial charge in [-0.2, -0.15) is 0 Å². The SMILES string of the molecule is CCOC(=O)Cn1ccnc1C(=O)OCC. The van der Waals surface area contributed by atoms with Crippen LogP contribution in [-0.2, 0) is 20.8 Å². The molecule has 0 aliphatic carbocycles. The van der Waals surface area contributed by atoms with Gasteiger partial charge in [-0.3, -0.25) is 4.79 Å². The average Bonchev–Trinajstić information content (AvgIpc) is 2.66. The zero-order chi connectivity index (χ0) is 12.0. The lowest BCUT2D eigenvalue weighted by Crippen LogP contribution is -2.18.